The average Bonchev–Trinajstić information content (AvgIpc) is 4.25. The van der Waals surface area contributed by atoms with Crippen LogP contribution in [-0.4, -0.2) is 23.3 Å². The molecule has 0 spiro atoms. The van der Waals surface area contributed by atoms with E-state index in [0.717, 1.165) is 72.6 Å². The van der Waals surface area contributed by atoms with E-state index in [9.17, 15) is 0 Å². The number of benzene rings is 9. The van der Waals surface area contributed by atoms with Gasteiger partial charge in [0.2, 0.25) is 0 Å². The van der Waals surface area contributed by atoms with Crippen molar-refractivity contribution in [3.8, 4) is 40.1 Å². The summed E-state index contributed by atoms with van der Waals surface area (Å²) in [5.41, 5.74) is 10.6. The molecule has 0 aliphatic carbocycles. The maximum absolute atomic E-state index is 8.25. The van der Waals surface area contributed by atoms with Crippen LogP contribution in [0.25, 0.3) is 105 Å². The number of nitrogens with zero attached hydrogens (tertiary/aromatic N) is 6. The summed E-state index contributed by atoms with van der Waals surface area (Å²) in [4.78, 5) is 4.53. The number of hydrogen-bond acceptors (Lipinski definition) is 2. The number of aryl methyl sites for hydroxylation is 2. The Labute approximate surface area is 426 Å². The summed E-state index contributed by atoms with van der Waals surface area (Å²) in [6.07, 6.45) is 4.88. The molecular weight excluding hydrogens is 1040 g/mol. The van der Waals surface area contributed by atoms with E-state index < -0.39 is 13.7 Å². The molecule has 0 fully saturated rings. The third-order valence-electron chi connectivity index (χ3n) is 13.3. The molecule has 0 bridgehead atoms. The molecule has 0 aliphatic rings. The Morgan fingerprint density at radius 3 is 1.57 bits per heavy atom. The van der Waals surface area contributed by atoms with E-state index in [2.05, 4.69) is 165 Å². The Hall–Kier alpha value is -8.51. The van der Waals surface area contributed by atoms with Gasteiger partial charge in [-0.05, 0) is 90.5 Å². The average molecular weight is 1090 g/mol. The molecule has 0 N–H and O–H groups in total. The number of pyridine rings is 1. The molecule has 0 amide bonds. The summed E-state index contributed by atoms with van der Waals surface area (Å²) in [5.74, 6) is 1.05. The van der Waals surface area contributed by atoms with E-state index in [1.165, 1.54) is 27.6 Å². The van der Waals surface area contributed by atoms with Gasteiger partial charge in [0.25, 0.3) is 6.33 Å². The quantitative estimate of drug-likeness (QED) is 0.118. The summed E-state index contributed by atoms with van der Waals surface area (Å²) < 4.78 is 66.1. The van der Waals surface area contributed by atoms with Crippen molar-refractivity contribution in [2.75, 3.05) is 0 Å². The summed E-state index contributed by atoms with van der Waals surface area (Å²) in [6, 6.07) is 74.7. The summed E-state index contributed by atoms with van der Waals surface area (Å²) >= 11 is 0. The van der Waals surface area contributed by atoms with E-state index in [0.29, 0.717) is 22.7 Å². The number of imidazole rings is 1. The third-order valence-corrected chi connectivity index (χ3v) is 13.3. The van der Waals surface area contributed by atoms with E-state index in [1.54, 1.807) is 4.57 Å². The number of hydrogen-bond donors (Lipinski definition) is 0. The predicted octanol–water partition coefficient (Wildman–Crippen LogP) is 14.4. The molecule has 14 aromatic rings. The molecule has 336 valence electrons. The SMILES string of the molecule is [2H]C([2H])([2H])c1cnc(-n2c3[c-]c(Oc4[c-]c(-n5[c-][n+](-c6cc(-n7c8ccccc8c8ccccc87)cc(-n7c8ccccc8c8ccccc87)c6)c6ccccc65)ccc4)ccc3c3ccccc32)cc1C([2H])([2H])[2H].[Pt]. The summed E-state index contributed by atoms with van der Waals surface area (Å²) in [6.45, 7) is -5.37. The Bertz CT molecular complexity index is 4400. The van der Waals surface area contributed by atoms with Gasteiger partial charge in [-0.15, -0.1) is 29.7 Å². The van der Waals surface area contributed by atoms with Gasteiger partial charge in [-0.1, -0.05) is 121 Å². The minimum atomic E-state index is -2.70. The van der Waals surface area contributed by atoms with Crippen molar-refractivity contribution < 1.29 is 38.6 Å². The van der Waals surface area contributed by atoms with Gasteiger partial charge in [0.05, 0.1) is 38.8 Å². The van der Waals surface area contributed by atoms with Crippen molar-refractivity contribution >= 4 is 76.5 Å². The smallest absolute Gasteiger partial charge is 0.268 e. The van der Waals surface area contributed by atoms with Crippen LogP contribution in [-0.2, 0) is 21.1 Å². The van der Waals surface area contributed by atoms with E-state index >= 15 is 0 Å². The molecular formula is C62H40N6OPt-2. The normalized spacial score (nSPS) is 13.4. The molecule has 0 aliphatic heterocycles. The van der Waals surface area contributed by atoms with Crippen LogP contribution in [0.3, 0.4) is 0 Å². The standard InChI is InChI=1S/C62H40N6O.Pt/c1-40-32-62(63-38-41(40)2)68-58-27-12-7-22-52(58)53-31-30-47(37-61(53)68)69-46-17-15-16-42(36-46)64-39-65(60-29-14-13-28-59(60)64)43-33-44(66-54-23-8-3-18-48(54)49-19-4-9-24-55(49)66)35-45(34-43)67-56-25-10-5-20-50(56)51-21-6-11-26-57(51)67;/h3-35,38H,1-2H3;/q-2;/i1D3,2D3;. The first-order chi connectivity index (χ1) is 36.5. The molecule has 0 saturated heterocycles. The zero-order valence-electron chi connectivity index (χ0n) is 43.0. The van der Waals surface area contributed by atoms with Crippen LogP contribution in [0.2, 0.25) is 0 Å². The molecule has 0 radical (unpaired) electrons. The van der Waals surface area contributed by atoms with Crippen LogP contribution in [0.4, 0.5) is 0 Å². The minimum absolute atomic E-state index is 0. The molecule has 5 heterocycles. The fourth-order valence-electron chi connectivity index (χ4n) is 10.3. The van der Waals surface area contributed by atoms with Crippen molar-refractivity contribution in [1.29, 1.82) is 0 Å². The third kappa shape index (κ3) is 6.46. The summed E-state index contributed by atoms with van der Waals surface area (Å²) in [7, 11) is 0. The van der Waals surface area contributed by atoms with E-state index in [1.807, 2.05) is 71.3 Å². The number of aromatic nitrogens is 6. The molecule has 14 rings (SSSR count). The monoisotopic (exact) mass is 1090 g/mol. The van der Waals surface area contributed by atoms with Crippen LogP contribution in [0.1, 0.15) is 19.4 Å². The molecule has 5 aromatic heterocycles. The Morgan fingerprint density at radius 2 is 0.986 bits per heavy atom. The Kier molecular flexibility index (Phi) is 8.31. The zero-order valence-corrected chi connectivity index (χ0v) is 39.3. The first-order valence-corrected chi connectivity index (χ1v) is 22.7. The first-order valence-electron chi connectivity index (χ1n) is 25.7. The van der Waals surface area contributed by atoms with Gasteiger partial charge >= 0.3 is 0 Å². The van der Waals surface area contributed by atoms with Gasteiger partial charge in [-0.3, -0.25) is 4.57 Å². The summed E-state index contributed by atoms with van der Waals surface area (Å²) in [5, 5.41) is 6.41. The predicted molar refractivity (Wildman–Crippen MR) is 278 cm³/mol. The fraction of sp³-hybridized carbons (Fsp3) is 0.0323. The zero-order chi connectivity index (χ0) is 50.7. The molecule has 0 saturated carbocycles. The van der Waals surface area contributed by atoms with Gasteiger partial charge in [0.15, 0.2) is 0 Å². The van der Waals surface area contributed by atoms with Crippen molar-refractivity contribution in [2.24, 2.45) is 0 Å². The number of fused-ring (bicyclic) bond motifs is 10. The van der Waals surface area contributed by atoms with Crippen molar-refractivity contribution in [1.82, 2.24) is 23.3 Å². The molecule has 0 atom stereocenters. The number of para-hydroxylation sites is 7. The minimum Gasteiger partial charge on any atom is -0.510 e. The fourth-order valence-corrected chi connectivity index (χ4v) is 10.3. The second-order valence-corrected chi connectivity index (χ2v) is 17.2. The number of rotatable bonds is 7. The maximum Gasteiger partial charge on any atom is 0.268 e. The molecule has 9 aromatic carbocycles. The van der Waals surface area contributed by atoms with Gasteiger partial charge in [-0.25, -0.2) is 4.98 Å². The van der Waals surface area contributed by atoms with E-state index in [4.69, 9.17) is 13.0 Å². The van der Waals surface area contributed by atoms with Crippen LogP contribution < -0.4 is 9.30 Å². The van der Waals surface area contributed by atoms with Crippen LogP contribution >= 0.6 is 0 Å². The van der Waals surface area contributed by atoms with Crippen molar-refractivity contribution in [3.63, 3.8) is 0 Å². The largest absolute Gasteiger partial charge is 0.510 e. The molecule has 7 nitrogen and oxygen atoms in total. The van der Waals surface area contributed by atoms with Crippen LogP contribution in [0, 0.1) is 32.2 Å². The topological polar surface area (TPSA) is 45.7 Å². The van der Waals surface area contributed by atoms with Crippen LogP contribution in [0.5, 0.6) is 11.5 Å². The van der Waals surface area contributed by atoms with Crippen LogP contribution in [0.15, 0.2) is 206 Å². The van der Waals surface area contributed by atoms with Gasteiger partial charge in [-0.2, -0.15) is 18.2 Å². The number of ether oxygens (including phenoxy) is 1. The van der Waals surface area contributed by atoms with Crippen molar-refractivity contribution in [2.45, 2.75) is 13.7 Å². The van der Waals surface area contributed by atoms with Gasteiger partial charge in [0, 0.05) is 85.4 Å². The van der Waals surface area contributed by atoms with E-state index in [-0.39, 0.29) is 38.0 Å². The molecule has 8 heteroatoms. The van der Waals surface area contributed by atoms with Crippen molar-refractivity contribution in [3.05, 3.63) is 236 Å². The van der Waals surface area contributed by atoms with Gasteiger partial charge < -0.3 is 23.0 Å². The second-order valence-electron chi connectivity index (χ2n) is 17.2. The Morgan fingerprint density at radius 1 is 0.471 bits per heavy atom. The van der Waals surface area contributed by atoms with Gasteiger partial charge in [0.1, 0.15) is 5.82 Å². The molecule has 70 heavy (non-hydrogen) atoms. The Balaban J connectivity index is 0.00000553. The maximum atomic E-state index is 8.25. The molecule has 0 unspecified atom stereocenters. The first kappa shape index (κ1) is 35.6. The second kappa shape index (κ2) is 16.3.